The topological polar surface area (TPSA) is 84.9 Å². The zero-order chi connectivity index (χ0) is 22.3. The number of nitrogens with one attached hydrogen (secondary N) is 1. The molecule has 0 unspecified atom stereocenters. The second-order valence-corrected chi connectivity index (χ2v) is 10.2. The van der Waals surface area contributed by atoms with E-state index in [9.17, 15) is 13.2 Å². The normalized spacial score (nSPS) is 15.4. The second kappa shape index (κ2) is 11.0. The van der Waals surface area contributed by atoms with E-state index in [4.69, 9.17) is 9.47 Å². The van der Waals surface area contributed by atoms with Gasteiger partial charge in [0.05, 0.1) is 19.4 Å². The van der Waals surface area contributed by atoms with Gasteiger partial charge in [0.25, 0.3) is 0 Å². The van der Waals surface area contributed by atoms with Crippen molar-refractivity contribution in [3.63, 3.8) is 0 Å². The fourth-order valence-electron chi connectivity index (χ4n) is 3.50. The largest absolute Gasteiger partial charge is 0.493 e. The van der Waals surface area contributed by atoms with E-state index in [1.54, 1.807) is 19.2 Å². The summed E-state index contributed by atoms with van der Waals surface area (Å²) in [4.78, 5) is 12.4. The molecule has 0 radical (unpaired) electrons. The molecule has 1 amide bonds. The molecule has 2 aromatic carbocycles. The van der Waals surface area contributed by atoms with Crippen LogP contribution >= 0.6 is 15.9 Å². The maximum absolute atomic E-state index is 12.7. The Kier molecular flexibility index (Phi) is 8.34. The molecule has 0 bridgehead atoms. The highest BCUT2D eigenvalue weighted by molar-refractivity contribution is 9.10. The van der Waals surface area contributed by atoms with Crippen molar-refractivity contribution in [3.05, 3.63) is 58.6 Å². The smallest absolute Gasteiger partial charge is 0.223 e. The van der Waals surface area contributed by atoms with Gasteiger partial charge in [-0.3, -0.25) is 4.79 Å². The summed E-state index contributed by atoms with van der Waals surface area (Å²) in [6.45, 7) is 1.41. The maximum Gasteiger partial charge on any atom is 0.223 e. The van der Waals surface area contributed by atoms with Crippen LogP contribution in [-0.4, -0.2) is 52.0 Å². The van der Waals surface area contributed by atoms with Crippen LogP contribution in [0.1, 0.15) is 18.4 Å². The molecule has 0 aliphatic carbocycles. The summed E-state index contributed by atoms with van der Waals surface area (Å²) < 4.78 is 38.7. The first-order valence-corrected chi connectivity index (χ1v) is 12.5. The van der Waals surface area contributed by atoms with Crippen molar-refractivity contribution in [2.45, 2.75) is 18.6 Å². The van der Waals surface area contributed by atoms with Gasteiger partial charge in [-0.15, -0.1) is 0 Å². The predicted octanol–water partition coefficient (Wildman–Crippen LogP) is 3.19. The van der Waals surface area contributed by atoms with Crippen LogP contribution in [0.3, 0.4) is 0 Å². The Morgan fingerprint density at radius 1 is 1.10 bits per heavy atom. The minimum absolute atomic E-state index is 0.0303. The number of amides is 1. The van der Waals surface area contributed by atoms with Crippen LogP contribution in [0.15, 0.2) is 53.0 Å². The predicted molar refractivity (Wildman–Crippen MR) is 123 cm³/mol. The van der Waals surface area contributed by atoms with Crippen LogP contribution in [0.25, 0.3) is 0 Å². The molecule has 2 aromatic rings. The van der Waals surface area contributed by atoms with Crippen LogP contribution in [0.5, 0.6) is 11.5 Å². The van der Waals surface area contributed by atoms with Gasteiger partial charge in [0.15, 0.2) is 11.5 Å². The molecule has 1 aliphatic heterocycles. The van der Waals surface area contributed by atoms with E-state index >= 15 is 0 Å². The maximum atomic E-state index is 12.7. The summed E-state index contributed by atoms with van der Waals surface area (Å²) >= 11 is 3.35. The Hall–Kier alpha value is -2.10. The van der Waals surface area contributed by atoms with Gasteiger partial charge >= 0.3 is 0 Å². The first-order chi connectivity index (χ1) is 14.9. The molecule has 168 valence electrons. The number of sulfonamides is 1. The van der Waals surface area contributed by atoms with Gasteiger partial charge in [-0.2, -0.15) is 0 Å². The number of carbonyl (C=O) groups is 1. The van der Waals surface area contributed by atoms with E-state index in [0.29, 0.717) is 50.6 Å². The molecule has 1 saturated heterocycles. The van der Waals surface area contributed by atoms with Crippen molar-refractivity contribution in [1.82, 2.24) is 9.62 Å². The summed E-state index contributed by atoms with van der Waals surface area (Å²) in [6.07, 6.45) is 1.03. The number of halogens is 1. The zero-order valence-corrected chi connectivity index (χ0v) is 19.8. The molecule has 0 spiro atoms. The molecule has 0 saturated carbocycles. The van der Waals surface area contributed by atoms with Gasteiger partial charge in [-0.05, 0) is 42.7 Å². The summed E-state index contributed by atoms with van der Waals surface area (Å²) in [5.74, 6) is 0.991. The number of hydrogen-bond acceptors (Lipinski definition) is 5. The lowest BCUT2D eigenvalue weighted by Gasteiger charge is -2.30. The molecular formula is C22H27BrN2O5S. The number of nitrogens with zero attached hydrogens (tertiary/aromatic N) is 1. The lowest BCUT2D eigenvalue weighted by molar-refractivity contribution is -0.126. The van der Waals surface area contributed by atoms with E-state index in [1.807, 2.05) is 36.4 Å². The standard InChI is InChI=1S/C22H27BrN2O5S/c1-29-20-4-2-3-5-21(20)30-15-12-24-22(26)18-10-13-25(14-11-18)31(27,28)16-17-6-8-19(23)9-7-17/h2-9,18H,10-16H2,1H3,(H,24,26). The summed E-state index contributed by atoms with van der Waals surface area (Å²) in [7, 11) is -1.82. The lowest BCUT2D eigenvalue weighted by Crippen LogP contribution is -2.43. The Morgan fingerprint density at radius 3 is 2.39 bits per heavy atom. The molecule has 1 aliphatic rings. The van der Waals surface area contributed by atoms with Crippen molar-refractivity contribution in [2.75, 3.05) is 33.4 Å². The number of methoxy groups -OCH3 is 1. The first-order valence-electron chi connectivity index (χ1n) is 10.1. The third-order valence-electron chi connectivity index (χ3n) is 5.21. The second-order valence-electron chi connectivity index (χ2n) is 7.35. The summed E-state index contributed by atoms with van der Waals surface area (Å²) in [5.41, 5.74) is 0.748. The van der Waals surface area contributed by atoms with Crippen molar-refractivity contribution < 1.29 is 22.7 Å². The monoisotopic (exact) mass is 510 g/mol. The van der Waals surface area contributed by atoms with E-state index in [-0.39, 0.29) is 17.6 Å². The number of piperidine rings is 1. The molecule has 31 heavy (non-hydrogen) atoms. The fraction of sp³-hybridized carbons (Fsp3) is 0.409. The van der Waals surface area contributed by atoms with Crippen LogP contribution < -0.4 is 14.8 Å². The van der Waals surface area contributed by atoms with Crippen LogP contribution in [0.4, 0.5) is 0 Å². The highest BCUT2D eigenvalue weighted by Gasteiger charge is 2.31. The van der Waals surface area contributed by atoms with Gasteiger partial charge in [0.1, 0.15) is 6.61 Å². The average molecular weight is 511 g/mol. The summed E-state index contributed by atoms with van der Waals surface area (Å²) in [6, 6.07) is 14.6. The minimum Gasteiger partial charge on any atom is -0.493 e. The van der Waals surface area contributed by atoms with E-state index in [1.165, 1.54) is 4.31 Å². The third kappa shape index (κ3) is 6.69. The number of rotatable bonds is 9. The molecule has 1 fully saturated rings. The Morgan fingerprint density at radius 2 is 1.74 bits per heavy atom. The quantitative estimate of drug-likeness (QED) is 0.523. The highest BCUT2D eigenvalue weighted by atomic mass is 79.9. The SMILES string of the molecule is COc1ccccc1OCCNC(=O)C1CCN(S(=O)(=O)Cc2ccc(Br)cc2)CC1. The molecular weight excluding hydrogens is 484 g/mol. The van der Waals surface area contributed by atoms with E-state index in [2.05, 4.69) is 21.2 Å². The van der Waals surface area contributed by atoms with Gasteiger partial charge in [0, 0.05) is 23.5 Å². The van der Waals surface area contributed by atoms with Crippen LogP contribution in [0, 0.1) is 5.92 Å². The molecule has 0 aromatic heterocycles. The van der Waals surface area contributed by atoms with Crippen molar-refractivity contribution in [3.8, 4) is 11.5 Å². The molecule has 7 nitrogen and oxygen atoms in total. The number of carbonyl (C=O) groups excluding carboxylic acids is 1. The van der Waals surface area contributed by atoms with Gasteiger partial charge < -0.3 is 14.8 Å². The minimum atomic E-state index is -3.40. The van der Waals surface area contributed by atoms with E-state index < -0.39 is 10.0 Å². The van der Waals surface area contributed by atoms with Crippen molar-refractivity contribution in [1.29, 1.82) is 0 Å². The highest BCUT2D eigenvalue weighted by Crippen LogP contribution is 2.25. The summed E-state index contributed by atoms with van der Waals surface area (Å²) in [5, 5.41) is 2.88. The van der Waals surface area contributed by atoms with E-state index in [0.717, 1.165) is 10.0 Å². The lowest BCUT2D eigenvalue weighted by atomic mass is 9.97. The molecule has 9 heteroatoms. The first kappa shape index (κ1) is 23.6. The Balaban J connectivity index is 1.41. The van der Waals surface area contributed by atoms with Gasteiger partial charge in [0.2, 0.25) is 15.9 Å². The Labute approximate surface area is 191 Å². The van der Waals surface area contributed by atoms with Crippen LogP contribution in [0.2, 0.25) is 0 Å². The number of para-hydroxylation sites is 2. The van der Waals surface area contributed by atoms with Gasteiger partial charge in [-0.25, -0.2) is 12.7 Å². The molecule has 1 N–H and O–H groups in total. The fourth-order valence-corrected chi connectivity index (χ4v) is 5.32. The molecule has 1 heterocycles. The molecule has 0 atom stereocenters. The van der Waals surface area contributed by atoms with Crippen molar-refractivity contribution >= 4 is 31.9 Å². The third-order valence-corrected chi connectivity index (χ3v) is 7.59. The molecule has 3 rings (SSSR count). The zero-order valence-electron chi connectivity index (χ0n) is 17.4. The Bertz CT molecular complexity index is 974. The van der Waals surface area contributed by atoms with Crippen molar-refractivity contribution in [2.24, 2.45) is 5.92 Å². The number of hydrogen-bond donors (Lipinski definition) is 1. The number of benzene rings is 2. The van der Waals surface area contributed by atoms with Gasteiger partial charge in [-0.1, -0.05) is 40.2 Å². The number of ether oxygens (including phenoxy) is 2. The average Bonchev–Trinajstić information content (AvgIpc) is 2.78. The van der Waals surface area contributed by atoms with Crippen LogP contribution in [-0.2, 0) is 20.6 Å².